The molecule has 0 N–H and O–H groups in total. The number of hydrogen-bond donors (Lipinski definition) is 0. The van der Waals surface area contributed by atoms with Crippen molar-refractivity contribution in [1.29, 1.82) is 0 Å². The van der Waals surface area contributed by atoms with Crippen LogP contribution in [0.25, 0.3) is 0 Å². The summed E-state index contributed by atoms with van der Waals surface area (Å²) >= 11 is 0. The molecule has 1 aromatic heterocycles. The van der Waals surface area contributed by atoms with Gasteiger partial charge in [0.05, 0.1) is 12.2 Å². The molecule has 2 rings (SSSR count). The molecule has 1 fully saturated rings. The molecule has 0 radical (unpaired) electrons. The SMILES string of the molecule is CC1COC(C)(c2cnc(C(F)(F)F)nc2)OC1(C)C. The Labute approximate surface area is 115 Å². The van der Waals surface area contributed by atoms with Gasteiger partial charge >= 0.3 is 6.18 Å². The van der Waals surface area contributed by atoms with Crippen molar-refractivity contribution in [3.05, 3.63) is 23.8 Å². The van der Waals surface area contributed by atoms with Gasteiger partial charge in [-0.25, -0.2) is 9.97 Å². The van der Waals surface area contributed by atoms with Crippen LogP contribution in [0, 0.1) is 5.92 Å². The summed E-state index contributed by atoms with van der Waals surface area (Å²) in [5.41, 5.74) is -0.0825. The van der Waals surface area contributed by atoms with Crippen molar-refractivity contribution in [2.75, 3.05) is 6.61 Å². The fraction of sp³-hybridized carbons (Fsp3) is 0.692. The van der Waals surface area contributed by atoms with E-state index in [0.717, 1.165) is 12.4 Å². The van der Waals surface area contributed by atoms with E-state index in [2.05, 4.69) is 9.97 Å². The van der Waals surface area contributed by atoms with E-state index >= 15 is 0 Å². The summed E-state index contributed by atoms with van der Waals surface area (Å²) in [6.45, 7) is 7.94. The van der Waals surface area contributed by atoms with E-state index in [0.29, 0.717) is 12.2 Å². The van der Waals surface area contributed by atoms with Crippen LogP contribution in [0.3, 0.4) is 0 Å². The lowest BCUT2D eigenvalue weighted by atomic mass is 9.90. The topological polar surface area (TPSA) is 44.2 Å². The number of ether oxygens (including phenoxy) is 2. The van der Waals surface area contributed by atoms with Gasteiger partial charge in [-0.15, -0.1) is 0 Å². The highest BCUT2D eigenvalue weighted by molar-refractivity contribution is 5.14. The van der Waals surface area contributed by atoms with E-state index in [4.69, 9.17) is 9.47 Å². The van der Waals surface area contributed by atoms with Crippen molar-refractivity contribution in [2.24, 2.45) is 5.92 Å². The minimum Gasteiger partial charge on any atom is -0.346 e. The zero-order chi connectivity index (χ0) is 15.2. The molecular weight excluding hydrogens is 273 g/mol. The van der Waals surface area contributed by atoms with Crippen LogP contribution < -0.4 is 0 Å². The van der Waals surface area contributed by atoms with Crippen molar-refractivity contribution in [3.63, 3.8) is 0 Å². The summed E-state index contributed by atoms with van der Waals surface area (Å²) in [5.74, 6) is -2.14. The number of alkyl halides is 3. The highest BCUT2D eigenvalue weighted by Crippen LogP contribution is 2.40. The standard InChI is InChI=1S/C13H17F3N2O2/c1-8-7-19-12(4,20-11(8,2)3)9-5-17-10(18-6-9)13(14,15)16/h5-6,8H,7H2,1-4H3. The molecule has 0 amide bonds. The Kier molecular flexibility index (Phi) is 3.54. The molecule has 0 aliphatic carbocycles. The summed E-state index contributed by atoms with van der Waals surface area (Å²) in [7, 11) is 0. The first-order chi connectivity index (χ1) is 9.05. The molecule has 1 aliphatic rings. The average molecular weight is 290 g/mol. The van der Waals surface area contributed by atoms with E-state index in [1.54, 1.807) is 6.92 Å². The minimum absolute atomic E-state index is 0.172. The zero-order valence-electron chi connectivity index (χ0n) is 11.8. The average Bonchev–Trinajstić information content (AvgIpc) is 2.33. The predicted octanol–water partition coefficient (Wildman–Crippen LogP) is 3.13. The van der Waals surface area contributed by atoms with Crippen molar-refractivity contribution in [2.45, 2.75) is 45.3 Å². The summed E-state index contributed by atoms with van der Waals surface area (Å²) < 4.78 is 48.9. The van der Waals surface area contributed by atoms with Gasteiger partial charge in [-0.2, -0.15) is 13.2 Å². The van der Waals surface area contributed by atoms with Gasteiger partial charge in [-0.05, 0) is 20.8 Å². The predicted molar refractivity (Wildman–Crippen MR) is 64.7 cm³/mol. The molecule has 0 aromatic carbocycles. The Bertz CT molecular complexity index is 487. The van der Waals surface area contributed by atoms with Gasteiger partial charge in [0.25, 0.3) is 0 Å². The molecule has 2 unspecified atom stereocenters. The lowest BCUT2D eigenvalue weighted by molar-refractivity contribution is -0.337. The Hall–Kier alpha value is -1.21. The first-order valence-electron chi connectivity index (χ1n) is 6.28. The Morgan fingerprint density at radius 1 is 1.20 bits per heavy atom. The van der Waals surface area contributed by atoms with Gasteiger partial charge < -0.3 is 9.47 Å². The zero-order valence-corrected chi connectivity index (χ0v) is 11.8. The number of aromatic nitrogens is 2. The van der Waals surface area contributed by atoms with Gasteiger partial charge in [-0.3, -0.25) is 0 Å². The first kappa shape index (κ1) is 15.2. The van der Waals surface area contributed by atoms with Gasteiger partial charge in [0.2, 0.25) is 5.82 Å². The smallest absolute Gasteiger partial charge is 0.346 e. The maximum Gasteiger partial charge on any atom is 0.451 e. The highest BCUT2D eigenvalue weighted by Gasteiger charge is 2.44. The third-order valence-electron chi connectivity index (χ3n) is 3.68. The molecule has 0 saturated carbocycles. The molecule has 20 heavy (non-hydrogen) atoms. The van der Waals surface area contributed by atoms with Crippen LogP contribution in [0.15, 0.2) is 12.4 Å². The van der Waals surface area contributed by atoms with Gasteiger partial charge in [0.1, 0.15) is 0 Å². The molecule has 0 bridgehead atoms. The van der Waals surface area contributed by atoms with Crippen LogP contribution >= 0.6 is 0 Å². The summed E-state index contributed by atoms with van der Waals surface area (Å²) in [4.78, 5) is 6.68. The monoisotopic (exact) mass is 290 g/mol. The first-order valence-corrected chi connectivity index (χ1v) is 6.28. The number of rotatable bonds is 1. The molecular formula is C13H17F3N2O2. The largest absolute Gasteiger partial charge is 0.451 e. The highest BCUT2D eigenvalue weighted by atomic mass is 19.4. The maximum absolute atomic E-state index is 12.4. The van der Waals surface area contributed by atoms with Crippen molar-refractivity contribution in [1.82, 2.24) is 9.97 Å². The lowest BCUT2D eigenvalue weighted by Crippen LogP contribution is -2.50. The van der Waals surface area contributed by atoms with Gasteiger partial charge in [0.15, 0.2) is 5.79 Å². The van der Waals surface area contributed by atoms with Crippen LogP contribution in [0.4, 0.5) is 13.2 Å². The number of halogens is 3. The molecule has 2 heterocycles. The third kappa shape index (κ3) is 2.78. The van der Waals surface area contributed by atoms with Crippen molar-refractivity contribution in [3.8, 4) is 0 Å². The second-order valence-corrected chi connectivity index (χ2v) is 5.66. The Morgan fingerprint density at radius 2 is 1.75 bits per heavy atom. The molecule has 2 atom stereocenters. The molecule has 4 nitrogen and oxygen atoms in total. The van der Waals surface area contributed by atoms with E-state index in [-0.39, 0.29) is 5.92 Å². The van der Waals surface area contributed by atoms with Crippen LogP contribution in [-0.2, 0) is 21.4 Å². The molecule has 0 spiro atoms. The van der Waals surface area contributed by atoms with Crippen LogP contribution in [0.1, 0.15) is 39.1 Å². The van der Waals surface area contributed by atoms with E-state index in [1.807, 2.05) is 20.8 Å². The quantitative estimate of drug-likeness (QED) is 0.797. The second kappa shape index (κ2) is 4.66. The minimum atomic E-state index is -4.55. The van der Waals surface area contributed by atoms with Gasteiger partial charge in [-0.1, -0.05) is 6.92 Å². The van der Waals surface area contributed by atoms with Crippen molar-refractivity contribution >= 4 is 0 Å². The number of hydrogen-bond acceptors (Lipinski definition) is 4. The third-order valence-corrected chi connectivity index (χ3v) is 3.68. The molecule has 1 aromatic rings. The fourth-order valence-corrected chi connectivity index (χ4v) is 1.97. The molecule has 112 valence electrons. The molecule has 1 saturated heterocycles. The van der Waals surface area contributed by atoms with Crippen LogP contribution in [-0.4, -0.2) is 22.2 Å². The summed E-state index contributed by atoms with van der Waals surface area (Å²) in [6.07, 6.45) is -2.36. The molecule has 7 heteroatoms. The van der Waals surface area contributed by atoms with E-state index < -0.39 is 23.4 Å². The Balaban J connectivity index is 2.27. The van der Waals surface area contributed by atoms with E-state index in [1.165, 1.54) is 0 Å². The van der Waals surface area contributed by atoms with Crippen LogP contribution in [0.2, 0.25) is 0 Å². The van der Waals surface area contributed by atoms with Gasteiger partial charge in [0, 0.05) is 23.9 Å². The molecule has 1 aliphatic heterocycles. The maximum atomic E-state index is 12.4. The summed E-state index contributed by atoms with van der Waals surface area (Å²) in [5, 5.41) is 0. The summed E-state index contributed by atoms with van der Waals surface area (Å²) in [6, 6.07) is 0. The lowest BCUT2D eigenvalue weighted by Gasteiger charge is -2.46. The Morgan fingerprint density at radius 3 is 2.20 bits per heavy atom. The second-order valence-electron chi connectivity index (χ2n) is 5.66. The van der Waals surface area contributed by atoms with Crippen LogP contribution in [0.5, 0.6) is 0 Å². The normalized spacial score (nSPS) is 30.2. The number of nitrogens with zero attached hydrogens (tertiary/aromatic N) is 2. The van der Waals surface area contributed by atoms with Crippen molar-refractivity contribution < 1.29 is 22.6 Å². The van der Waals surface area contributed by atoms with E-state index in [9.17, 15) is 13.2 Å². The fourth-order valence-electron chi connectivity index (χ4n) is 1.97.